The van der Waals surface area contributed by atoms with Crippen LogP contribution in [0.2, 0.25) is 0 Å². The molecule has 5 rings (SSSR count). The number of benzene rings is 1. The molecule has 4 aliphatic rings. The molecule has 28 heavy (non-hydrogen) atoms. The molecule has 1 atom stereocenters. The van der Waals surface area contributed by atoms with Gasteiger partial charge in [0.25, 0.3) is 0 Å². The van der Waals surface area contributed by atoms with Crippen LogP contribution in [0, 0.1) is 29.1 Å². The Bertz CT molecular complexity index is 705. The van der Waals surface area contributed by atoms with Crippen molar-refractivity contribution in [1.29, 1.82) is 0 Å². The molecule has 5 nitrogen and oxygen atoms in total. The smallest absolute Gasteiger partial charge is 0.247 e. The maximum Gasteiger partial charge on any atom is 0.247 e. The number of amides is 2. The van der Waals surface area contributed by atoms with E-state index in [9.17, 15) is 9.59 Å². The summed E-state index contributed by atoms with van der Waals surface area (Å²) in [4.78, 5) is 26.3. The lowest BCUT2D eigenvalue weighted by molar-refractivity contribution is -0.148. The van der Waals surface area contributed by atoms with Crippen LogP contribution in [-0.2, 0) is 9.59 Å². The molecule has 0 spiro atoms. The summed E-state index contributed by atoms with van der Waals surface area (Å²) in [5.74, 6) is 2.85. The first kappa shape index (κ1) is 19.3. The molecule has 4 bridgehead atoms. The van der Waals surface area contributed by atoms with E-state index in [2.05, 4.69) is 10.6 Å². The molecule has 0 aromatic heterocycles. The Morgan fingerprint density at radius 2 is 1.54 bits per heavy atom. The molecule has 4 saturated carbocycles. The van der Waals surface area contributed by atoms with Gasteiger partial charge in [0, 0.05) is 11.1 Å². The molecule has 5 heteroatoms. The van der Waals surface area contributed by atoms with E-state index >= 15 is 0 Å². The van der Waals surface area contributed by atoms with Gasteiger partial charge in [0.2, 0.25) is 11.8 Å². The van der Waals surface area contributed by atoms with Crippen LogP contribution in [-0.4, -0.2) is 25.0 Å². The van der Waals surface area contributed by atoms with Gasteiger partial charge in [-0.1, -0.05) is 13.8 Å². The molecular weight excluding hydrogens is 352 g/mol. The first-order valence-electron chi connectivity index (χ1n) is 10.6. The average molecular weight is 385 g/mol. The monoisotopic (exact) mass is 384 g/mol. The van der Waals surface area contributed by atoms with Crippen molar-refractivity contribution in [1.82, 2.24) is 5.32 Å². The molecule has 4 aliphatic carbocycles. The largest absolute Gasteiger partial charge is 0.497 e. The van der Waals surface area contributed by atoms with E-state index in [1.54, 1.807) is 7.11 Å². The van der Waals surface area contributed by atoms with Gasteiger partial charge in [-0.2, -0.15) is 0 Å². The minimum absolute atomic E-state index is 0.0242. The van der Waals surface area contributed by atoms with Crippen LogP contribution in [0.15, 0.2) is 24.3 Å². The SMILES string of the molecule is COc1ccc(NC(=O)[C@@H](NC(=O)C23CC4CC(CC(C4)C2)C3)C(C)C)cc1. The third-order valence-electron chi connectivity index (χ3n) is 7.11. The highest BCUT2D eigenvalue weighted by molar-refractivity contribution is 5.98. The Balaban J connectivity index is 1.44. The van der Waals surface area contributed by atoms with Crippen molar-refractivity contribution in [3.63, 3.8) is 0 Å². The number of methoxy groups -OCH3 is 1. The van der Waals surface area contributed by atoms with Crippen molar-refractivity contribution >= 4 is 17.5 Å². The Kier molecular flexibility index (Phi) is 5.11. The van der Waals surface area contributed by atoms with Crippen LogP contribution in [0.5, 0.6) is 5.75 Å². The molecule has 4 fully saturated rings. The lowest BCUT2D eigenvalue weighted by Crippen LogP contribution is -2.57. The Morgan fingerprint density at radius 1 is 1.00 bits per heavy atom. The summed E-state index contributed by atoms with van der Waals surface area (Å²) >= 11 is 0. The lowest BCUT2D eigenvalue weighted by atomic mass is 9.49. The first-order valence-corrected chi connectivity index (χ1v) is 10.6. The van der Waals surface area contributed by atoms with Gasteiger partial charge < -0.3 is 15.4 Å². The third kappa shape index (κ3) is 3.63. The molecule has 2 amide bonds. The van der Waals surface area contributed by atoms with E-state index < -0.39 is 6.04 Å². The Morgan fingerprint density at radius 3 is 2.00 bits per heavy atom. The van der Waals surface area contributed by atoms with E-state index in [0.29, 0.717) is 23.4 Å². The standard InChI is InChI=1S/C23H32N2O3/c1-14(2)20(21(26)24-18-4-6-19(28-3)7-5-18)25-22(27)23-11-15-8-16(12-23)10-17(9-15)13-23/h4-7,14-17,20H,8-13H2,1-3H3,(H,24,26)(H,25,27)/t15?,16?,17?,20-,23?/m0/s1. The van der Waals surface area contributed by atoms with Crippen LogP contribution in [0.1, 0.15) is 52.4 Å². The van der Waals surface area contributed by atoms with E-state index in [1.807, 2.05) is 38.1 Å². The average Bonchev–Trinajstić information content (AvgIpc) is 2.65. The first-order chi connectivity index (χ1) is 13.4. The predicted octanol–water partition coefficient (Wildman–Crippen LogP) is 3.99. The van der Waals surface area contributed by atoms with Crippen LogP contribution >= 0.6 is 0 Å². The molecule has 0 heterocycles. The summed E-state index contributed by atoms with van der Waals surface area (Å²) in [5.41, 5.74) is 0.475. The van der Waals surface area contributed by atoms with Gasteiger partial charge in [0.15, 0.2) is 0 Å². The summed E-state index contributed by atoms with van der Waals surface area (Å²) in [6.07, 6.45) is 6.94. The Hall–Kier alpha value is -2.04. The van der Waals surface area contributed by atoms with Crippen LogP contribution in [0.4, 0.5) is 5.69 Å². The zero-order valence-corrected chi connectivity index (χ0v) is 17.2. The molecule has 0 unspecified atom stereocenters. The number of nitrogens with one attached hydrogen (secondary N) is 2. The maximum absolute atomic E-state index is 13.3. The van der Waals surface area contributed by atoms with Crippen molar-refractivity contribution in [2.45, 2.75) is 58.4 Å². The summed E-state index contributed by atoms with van der Waals surface area (Å²) in [5, 5.41) is 6.08. The van der Waals surface area contributed by atoms with Crippen LogP contribution < -0.4 is 15.4 Å². The third-order valence-corrected chi connectivity index (χ3v) is 7.11. The number of ether oxygens (including phenoxy) is 1. The second-order valence-electron chi connectivity index (χ2n) is 9.61. The van der Waals surface area contributed by atoms with Gasteiger partial charge in [-0.25, -0.2) is 0 Å². The zero-order valence-electron chi connectivity index (χ0n) is 17.2. The molecule has 152 valence electrons. The van der Waals surface area contributed by atoms with Gasteiger partial charge in [-0.05, 0) is 86.5 Å². The minimum Gasteiger partial charge on any atom is -0.497 e. The van der Waals surface area contributed by atoms with Gasteiger partial charge in [-0.3, -0.25) is 9.59 Å². The summed E-state index contributed by atoms with van der Waals surface area (Å²) < 4.78 is 5.16. The van der Waals surface area contributed by atoms with Crippen LogP contribution in [0.25, 0.3) is 0 Å². The van der Waals surface area contributed by atoms with Gasteiger partial charge >= 0.3 is 0 Å². The molecule has 2 N–H and O–H groups in total. The van der Waals surface area contributed by atoms with Crippen molar-refractivity contribution in [3.8, 4) is 5.75 Å². The van der Waals surface area contributed by atoms with Crippen molar-refractivity contribution in [2.75, 3.05) is 12.4 Å². The molecule has 0 saturated heterocycles. The van der Waals surface area contributed by atoms with Crippen molar-refractivity contribution in [2.24, 2.45) is 29.1 Å². The van der Waals surface area contributed by atoms with Crippen molar-refractivity contribution in [3.05, 3.63) is 24.3 Å². The molecule has 1 aromatic rings. The van der Waals surface area contributed by atoms with Crippen molar-refractivity contribution < 1.29 is 14.3 Å². The fourth-order valence-electron chi connectivity index (χ4n) is 6.11. The van der Waals surface area contributed by atoms with E-state index in [4.69, 9.17) is 4.74 Å². The number of carbonyl (C=O) groups excluding carboxylic acids is 2. The molecule has 0 aliphatic heterocycles. The summed E-state index contributed by atoms with van der Waals surface area (Å²) in [6, 6.07) is 6.73. The fourth-order valence-corrected chi connectivity index (χ4v) is 6.11. The highest BCUT2D eigenvalue weighted by atomic mass is 16.5. The molecule has 1 aromatic carbocycles. The highest BCUT2D eigenvalue weighted by Crippen LogP contribution is 2.60. The number of carbonyl (C=O) groups is 2. The lowest BCUT2D eigenvalue weighted by Gasteiger charge is -2.55. The second-order valence-corrected chi connectivity index (χ2v) is 9.61. The summed E-state index contributed by atoms with van der Waals surface area (Å²) in [7, 11) is 1.61. The Labute approximate surface area is 167 Å². The quantitative estimate of drug-likeness (QED) is 0.779. The normalized spacial score (nSPS) is 31.5. The topological polar surface area (TPSA) is 67.4 Å². The van der Waals surface area contributed by atoms with E-state index in [1.165, 1.54) is 19.3 Å². The number of rotatable bonds is 6. The summed E-state index contributed by atoms with van der Waals surface area (Å²) in [6.45, 7) is 3.97. The fraction of sp³-hybridized carbons (Fsp3) is 0.652. The highest BCUT2D eigenvalue weighted by Gasteiger charge is 2.55. The minimum atomic E-state index is -0.525. The van der Waals surface area contributed by atoms with Gasteiger partial charge in [0.1, 0.15) is 11.8 Å². The second kappa shape index (κ2) is 7.41. The number of hydrogen-bond donors (Lipinski definition) is 2. The van der Waals surface area contributed by atoms with E-state index in [-0.39, 0.29) is 23.1 Å². The molecule has 0 radical (unpaired) electrons. The zero-order chi connectivity index (χ0) is 19.9. The number of anilines is 1. The van der Waals surface area contributed by atoms with Gasteiger partial charge in [0.05, 0.1) is 7.11 Å². The maximum atomic E-state index is 13.3. The predicted molar refractivity (Wildman–Crippen MR) is 109 cm³/mol. The molecular formula is C23H32N2O3. The van der Waals surface area contributed by atoms with Crippen LogP contribution in [0.3, 0.4) is 0 Å². The van der Waals surface area contributed by atoms with E-state index in [0.717, 1.165) is 25.0 Å². The number of hydrogen-bond acceptors (Lipinski definition) is 3. The van der Waals surface area contributed by atoms with Gasteiger partial charge in [-0.15, -0.1) is 0 Å².